The molecule has 0 fully saturated rings. The van der Waals surface area contributed by atoms with E-state index in [1.54, 1.807) is 6.07 Å². The summed E-state index contributed by atoms with van der Waals surface area (Å²) in [5.41, 5.74) is 2.08. The first-order chi connectivity index (χ1) is 9.60. The summed E-state index contributed by atoms with van der Waals surface area (Å²) in [6.45, 7) is 4.42. The smallest absolute Gasteiger partial charge is 0.270 e. The van der Waals surface area contributed by atoms with Gasteiger partial charge in [0.1, 0.15) is 0 Å². The molecule has 0 atom stereocenters. The summed E-state index contributed by atoms with van der Waals surface area (Å²) in [6.07, 6.45) is 4.02. The highest BCUT2D eigenvalue weighted by molar-refractivity contribution is 6.31. The molecule has 0 saturated carbocycles. The number of nitrogens with one attached hydrogen (secondary N) is 1. The van der Waals surface area contributed by atoms with E-state index in [4.69, 9.17) is 11.6 Å². The zero-order chi connectivity index (χ0) is 14.5. The molecule has 0 amide bonds. The molecule has 1 aromatic heterocycles. The molecule has 0 aliphatic rings. The van der Waals surface area contributed by atoms with E-state index in [1.165, 1.54) is 17.7 Å². The van der Waals surface area contributed by atoms with Crippen molar-refractivity contribution in [2.75, 3.05) is 6.54 Å². The lowest BCUT2D eigenvalue weighted by Crippen LogP contribution is -2.11. The second-order valence-corrected chi connectivity index (χ2v) is 4.91. The molecule has 2 rings (SSSR count). The molecular weight excluding hydrogens is 278 g/mol. The Morgan fingerprint density at radius 2 is 2.20 bits per heavy atom. The molecule has 1 heterocycles. The average Bonchev–Trinajstić information content (AvgIpc) is 2.86. The van der Waals surface area contributed by atoms with Gasteiger partial charge in [-0.1, -0.05) is 18.5 Å². The second kappa shape index (κ2) is 6.54. The van der Waals surface area contributed by atoms with Crippen LogP contribution in [-0.2, 0) is 13.1 Å². The Morgan fingerprint density at radius 3 is 2.85 bits per heavy atom. The number of nitro groups is 1. The quantitative estimate of drug-likeness (QED) is 0.657. The van der Waals surface area contributed by atoms with E-state index < -0.39 is 4.92 Å². The number of non-ortho nitro benzene ring substituents is 1. The minimum atomic E-state index is -0.445. The first kappa shape index (κ1) is 14.6. The van der Waals surface area contributed by atoms with Crippen molar-refractivity contribution in [3.05, 3.63) is 62.9 Å². The zero-order valence-electron chi connectivity index (χ0n) is 11.2. The number of benzene rings is 1. The molecule has 106 valence electrons. The summed E-state index contributed by atoms with van der Waals surface area (Å²) in [6, 6.07) is 6.61. The Hall–Kier alpha value is -1.85. The number of aromatic nitrogens is 1. The van der Waals surface area contributed by atoms with Gasteiger partial charge in [-0.2, -0.15) is 0 Å². The molecule has 20 heavy (non-hydrogen) atoms. The summed E-state index contributed by atoms with van der Waals surface area (Å²) in [4.78, 5) is 10.2. The molecule has 6 heteroatoms. The van der Waals surface area contributed by atoms with E-state index in [2.05, 4.69) is 12.2 Å². The third-order valence-electron chi connectivity index (χ3n) is 2.99. The summed E-state index contributed by atoms with van der Waals surface area (Å²) in [5.74, 6) is 0. The highest BCUT2D eigenvalue weighted by Gasteiger charge is 2.09. The fraction of sp³-hybridized carbons (Fsp3) is 0.286. The van der Waals surface area contributed by atoms with Crippen LogP contribution >= 0.6 is 11.6 Å². The number of nitro benzene ring substituents is 1. The lowest BCUT2D eigenvalue weighted by molar-refractivity contribution is -0.384. The maximum absolute atomic E-state index is 10.7. The van der Waals surface area contributed by atoms with Gasteiger partial charge in [0, 0.05) is 37.6 Å². The van der Waals surface area contributed by atoms with Gasteiger partial charge < -0.3 is 9.88 Å². The van der Waals surface area contributed by atoms with E-state index in [-0.39, 0.29) is 5.69 Å². The van der Waals surface area contributed by atoms with Crippen molar-refractivity contribution in [3.8, 4) is 0 Å². The van der Waals surface area contributed by atoms with Crippen LogP contribution in [0.5, 0.6) is 0 Å². The van der Waals surface area contributed by atoms with E-state index >= 15 is 0 Å². The van der Waals surface area contributed by atoms with Gasteiger partial charge in [0.05, 0.1) is 9.95 Å². The number of halogens is 1. The summed E-state index contributed by atoms with van der Waals surface area (Å²) in [7, 11) is 0. The Morgan fingerprint density at radius 1 is 1.40 bits per heavy atom. The van der Waals surface area contributed by atoms with E-state index in [9.17, 15) is 10.1 Å². The molecule has 0 aliphatic carbocycles. The monoisotopic (exact) mass is 293 g/mol. The maximum atomic E-state index is 10.7. The highest BCUT2D eigenvalue weighted by atomic mass is 35.5. The minimum absolute atomic E-state index is 0.0130. The third-order valence-corrected chi connectivity index (χ3v) is 3.34. The maximum Gasteiger partial charge on any atom is 0.270 e. The average molecular weight is 294 g/mol. The van der Waals surface area contributed by atoms with Gasteiger partial charge in [0.2, 0.25) is 0 Å². The van der Waals surface area contributed by atoms with Gasteiger partial charge in [-0.15, -0.1) is 0 Å². The fourth-order valence-electron chi connectivity index (χ4n) is 1.94. The molecule has 0 unspecified atom stereocenters. The first-order valence-corrected chi connectivity index (χ1v) is 6.76. The molecule has 0 saturated heterocycles. The normalized spacial score (nSPS) is 10.7. The van der Waals surface area contributed by atoms with E-state index in [0.717, 1.165) is 18.7 Å². The lowest BCUT2D eigenvalue weighted by atomic mass is 10.2. The van der Waals surface area contributed by atoms with Crippen LogP contribution in [0.2, 0.25) is 5.02 Å². The molecule has 0 aliphatic heterocycles. The largest absolute Gasteiger partial charge is 0.350 e. The van der Waals surface area contributed by atoms with Crippen molar-refractivity contribution in [3.63, 3.8) is 0 Å². The highest BCUT2D eigenvalue weighted by Crippen LogP contribution is 2.23. The van der Waals surface area contributed by atoms with E-state index in [1.807, 2.05) is 23.0 Å². The fourth-order valence-corrected chi connectivity index (χ4v) is 2.17. The van der Waals surface area contributed by atoms with Crippen LogP contribution in [0, 0.1) is 10.1 Å². The predicted octanol–water partition coefficient (Wildman–Crippen LogP) is 3.21. The second-order valence-electron chi connectivity index (χ2n) is 4.51. The van der Waals surface area contributed by atoms with Crippen LogP contribution < -0.4 is 5.32 Å². The summed E-state index contributed by atoms with van der Waals surface area (Å²) in [5, 5.41) is 14.3. The van der Waals surface area contributed by atoms with Crippen LogP contribution in [0.4, 0.5) is 5.69 Å². The van der Waals surface area contributed by atoms with Crippen molar-refractivity contribution in [1.82, 2.24) is 9.88 Å². The summed E-state index contributed by atoms with van der Waals surface area (Å²) < 4.78 is 2.01. The van der Waals surface area contributed by atoms with Crippen molar-refractivity contribution >= 4 is 17.3 Å². The standard InChI is InChI=1S/C14H16ClN3O2/c1-2-16-8-11-5-6-17(9-11)10-12-3-4-13(18(19)20)7-14(12)15/h3-7,9,16H,2,8,10H2,1H3. The molecule has 0 bridgehead atoms. The predicted molar refractivity (Wildman–Crippen MR) is 79.0 cm³/mol. The SMILES string of the molecule is CCNCc1ccn(Cc2ccc([N+](=O)[O-])cc2Cl)c1. The van der Waals surface area contributed by atoms with Gasteiger partial charge in [0.15, 0.2) is 0 Å². The Bertz CT molecular complexity index is 610. The minimum Gasteiger partial charge on any atom is -0.350 e. The lowest BCUT2D eigenvalue weighted by Gasteiger charge is -2.05. The number of nitrogens with zero attached hydrogens (tertiary/aromatic N) is 2. The number of rotatable bonds is 6. The molecular formula is C14H16ClN3O2. The van der Waals surface area contributed by atoms with E-state index in [0.29, 0.717) is 11.6 Å². The van der Waals surface area contributed by atoms with Crippen molar-refractivity contribution in [2.24, 2.45) is 0 Å². The Balaban J connectivity index is 2.09. The third kappa shape index (κ3) is 3.59. The Kier molecular flexibility index (Phi) is 4.76. The molecule has 5 nitrogen and oxygen atoms in total. The van der Waals surface area contributed by atoms with Crippen molar-refractivity contribution < 1.29 is 4.92 Å². The number of hydrogen-bond donors (Lipinski definition) is 1. The van der Waals surface area contributed by atoms with Crippen molar-refractivity contribution in [2.45, 2.75) is 20.0 Å². The molecule has 0 radical (unpaired) electrons. The summed E-state index contributed by atoms with van der Waals surface area (Å²) >= 11 is 6.08. The first-order valence-electron chi connectivity index (χ1n) is 6.38. The molecule has 0 spiro atoms. The molecule has 1 aromatic carbocycles. The van der Waals surface area contributed by atoms with Gasteiger partial charge in [-0.25, -0.2) is 0 Å². The van der Waals surface area contributed by atoms with Crippen LogP contribution in [0.15, 0.2) is 36.7 Å². The van der Waals surface area contributed by atoms with Gasteiger partial charge in [0.25, 0.3) is 5.69 Å². The van der Waals surface area contributed by atoms with Crippen molar-refractivity contribution in [1.29, 1.82) is 0 Å². The van der Waals surface area contributed by atoms with Gasteiger partial charge in [-0.3, -0.25) is 10.1 Å². The number of hydrogen-bond acceptors (Lipinski definition) is 3. The molecule has 2 aromatic rings. The topological polar surface area (TPSA) is 60.1 Å². The zero-order valence-corrected chi connectivity index (χ0v) is 11.9. The van der Waals surface area contributed by atoms with Gasteiger partial charge >= 0.3 is 0 Å². The molecule has 1 N–H and O–H groups in total. The van der Waals surface area contributed by atoms with Gasteiger partial charge in [-0.05, 0) is 29.8 Å². The van der Waals surface area contributed by atoms with Crippen LogP contribution in [0.3, 0.4) is 0 Å². The Labute approximate surface area is 122 Å². The van der Waals surface area contributed by atoms with Crippen LogP contribution in [0.25, 0.3) is 0 Å². The van der Waals surface area contributed by atoms with Crippen LogP contribution in [0.1, 0.15) is 18.1 Å². The van der Waals surface area contributed by atoms with Crippen LogP contribution in [-0.4, -0.2) is 16.0 Å².